The number of non-ortho nitro benzene ring substituents is 1. The van der Waals surface area contributed by atoms with E-state index in [9.17, 15) is 19.7 Å². The molecule has 1 atom stereocenters. The van der Waals surface area contributed by atoms with E-state index in [2.05, 4.69) is 10.6 Å². The van der Waals surface area contributed by atoms with Crippen molar-refractivity contribution < 1.29 is 14.5 Å². The summed E-state index contributed by atoms with van der Waals surface area (Å²) in [5, 5.41) is 19.2. The van der Waals surface area contributed by atoms with E-state index in [1.807, 2.05) is 84.2 Å². The van der Waals surface area contributed by atoms with Crippen LogP contribution in [-0.2, 0) is 22.4 Å². The van der Waals surface area contributed by atoms with E-state index in [-0.39, 0.29) is 17.5 Å². The van der Waals surface area contributed by atoms with E-state index in [0.29, 0.717) is 41.1 Å². The lowest BCUT2D eigenvalue weighted by molar-refractivity contribution is -0.384. The van der Waals surface area contributed by atoms with Crippen LogP contribution in [0.4, 0.5) is 17.1 Å². The van der Waals surface area contributed by atoms with Crippen LogP contribution in [0, 0.1) is 10.1 Å². The molecular weight excluding hydrogens is 560 g/mol. The lowest BCUT2D eigenvalue weighted by Gasteiger charge is -2.12. The minimum absolute atomic E-state index is 0.118. The zero-order valence-electron chi connectivity index (χ0n) is 22.9. The number of benzene rings is 4. The van der Waals surface area contributed by atoms with Crippen LogP contribution in [0.2, 0.25) is 0 Å². The van der Waals surface area contributed by atoms with Gasteiger partial charge in [-0.1, -0.05) is 72.8 Å². The Hall–Kier alpha value is -5.41. The van der Waals surface area contributed by atoms with Crippen molar-refractivity contribution in [1.82, 2.24) is 0 Å². The van der Waals surface area contributed by atoms with E-state index in [4.69, 9.17) is 4.99 Å². The number of amides is 2. The van der Waals surface area contributed by atoms with Crippen LogP contribution < -0.4 is 10.6 Å². The molecule has 0 fully saturated rings. The number of benzodiazepines with no additional fused rings is 1. The highest BCUT2D eigenvalue weighted by atomic mass is 32.1. The summed E-state index contributed by atoms with van der Waals surface area (Å²) in [4.78, 5) is 42.8. The quantitative estimate of drug-likeness (QED) is 0.152. The van der Waals surface area contributed by atoms with E-state index >= 15 is 0 Å². The Kier molecular flexibility index (Phi) is 7.88. The van der Waals surface area contributed by atoms with Crippen molar-refractivity contribution in [2.24, 2.45) is 4.99 Å². The van der Waals surface area contributed by atoms with E-state index in [1.165, 1.54) is 23.5 Å². The monoisotopic (exact) mass is 586 g/mol. The summed E-state index contributed by atoms with van der Waals surface area (Å²) >= 11 is 1.53. The van der Waals surface area contributed by atoms with Crippen LogP contribution in [0.15, 0.2) is 120 Å². The summed E-state index contributed by atoms with van der Waals surface area (Å²) in [7, 11) is 0. The molecule has 212 valence electrons. The van der Waals surface area contributed by atoms with E-state index in [0.717, 1.165) is 21.6 Å². The summed E-state index contributed by atoms with van der Waals surface area (Å²) in [6, 6.07) is 32.7. The van der Waals surface area contributed by atoms with Gasteiger partial charge in [-0.05, 0) is 46.3 Å². The zero-order valence-corrected chi connectivity index (χ0v) is 23.7. The van der Waals surface area contributed by atoms with Gasteiger partial charge in [0.1, 0.15) is 6.04 Å². The Balaban J connectivity index is 1.29. The maximum atomic E-state index is 13.4. The zero-order chi connectivity index (χ0) is 29.8. The normalized spacial score (nSPS) is 14.2. The molecule has 1 unspecified atom stereocenters. The molecule has 5 aromatic rings. The molecule has 1 aliphatic heterocycles. The van der Waals surface area contributed by atoms with Gasteiger partial charge in [0.05, 0.1) is 22.7 Å². The van der Waals surface area contributed by atoms with Gasteiger partial charge in [-0.2, -0.15) is 0 Å². The standard InChI is InChI=1S/C34H26N4O4S/c39-32(21-28-7-4-18-43-28)35-26-14-12-25(13-15-26)33-29-17-16-27(38(41)42)20-30(29)37-34(40)31(36-33)19-22-8-10-24(11-9-22)23-5-2-1-3-6-23/h1-18,20,31H,19,21H2,(H,35,39)(H,37,40). The Morgan fingerprint density at radius 2 is 1.60 bits per heavy atom. The molecule has 4 aromatic carbocycles. The predicted molar refractivity (Wildman–Crippen MR) is 170 cm³/mol. The van der Waals surface area contributed by atoms with Gasteiger partial charge in [0.2, 0.25) is 11.8 Å². The first-order valence-electron chi connectivity index (χ1n) is 13.7. The number of aliphatic imine (C=N–C) groups is 1. The molecule has 0 saturated carbocycles. The van der Waals surface area contributed by atoms with Crippen LogP contribution in [0.25, 0.3) is 11.1 Å². The van der Waals surface area contributed by atoms with Crippen molar-refractivity contribution in [1.29, 1.82) is 0 Å². The Bertz CT molecular complexity index is 1820. The smallest absolute Gasteiger partial charge is 0.271 e. The summed E-state index contributed by atoms with van der Waals surface area (Å²) in [5.41, 5.74) is 5.76. The molecule has 43 heavy (non-hydrogen) atoms. The number of anilines is 2. The van der Waals surface area contributed by atoms with Crippen LogP contribution in [-0.4, -0.2) is 28.5 Å². The molecule has 9 heteroatoms. The summed E-state index contributed by atoms with van der Waals surface area (Å²) in [6.07, 6.45) is 0.636. The average molecular weight is 587 g/mol. The predicted octanol–water partition coefficient (Wildman–Crippen LogP) is 6.91. The van der Waals surface area contributed by atoms with E-state index in [1.54, 1.807) is 18.2 Å². The Labute approximate surface area is 251 Å². The molecule has 0 spiro atoms. The van der Waals surface area contributed by atoms with Gasteiger partial charge in [-0.3, -0.25) is 24.7 Å². The lowest BCUT2D eigenvalue weighted by atomic mass is 9.99. The number of nitrogens with one attached hydrogen (secondary N) is 2. The van der Waals surface area contributed by atoms with Crippen LogP contribution in [0.5, 0.6) is 0 Å². The van der Waals surface area contributed by atoms with E-state index < -0.39 is 11.0 Å². The van der Waals surface area contributed by atoms with Gasteiger partial charge in [-0.25, -0.2) is 0 Å². The number of thiophene rings is 1. The van der Waals surface area contributed by atoms with Gasteiger partial charge < -0.3 is 10.6 Å². The van der Waals surface area contributed by atoms with Crippen molar-refractivity contribution in [3.63, 3.8) is 0 Å². The van der Waals surface area contributed by atoms with Crippen molar-refractivity contribution in [2.45, 2.75) is 18.9 Å². The highest BCUT2D eigenvalue weighted by molar-refractivity contribution is 7.10. The number of rotatable bonds is 8. The minimum Gasteiger partial charge on any atom is -0.326 e. The fourth-order valence-corrected chi connectivity index (χ4v) is 5.70. The number of hydrogen-bond donors (Lipinski definition) is 2. The van der Waals surface area contributed by atoms with Crippen LogP contribution in [0.1, 0.15) is 21.6 Å². The lowest BCUT2D eigenvalue weighted by Crippen LogP contribution is -2.27. The van der Waals surface area contributed by atoms with Crippen LogP contribution >= 0.6 is 11.3 Å². The summed E-state index contributed by atoms with van der Waals surface area (Å²) < 4.78 is 0. The van der Waals surface area contributed by atoms with Crippen molar-refractivity contribution >= 4 is 45.9 Å². The maximum Gasteiger partial charge on any atom is 0.271 e. The first-order valence-corrected chi connectivity index (χ1v) is 14.6. The fraction of sp³-hybridized carbons (Fsp3) is 0.0882. The minimum atomic E-state index is -0.769. The third-order valence-corrected chi connectivity index (χ3v) is 8.04. The fourth-order valence-electron chi connectivity index (χ4n) is 5.00. The number of hydrogen-bond acceptors (Lipinski definition) is 6. The number of nitro benzene ring substituents is 1. The molecule has 2 heterocycles. The second kappa shape index (κ2) is 12.2. The van der Waals surface area contributed by atoms with Gasteiger partial charge in [0.25, 0.3) is 5.69 Å². The summed E-state index contributed by atoms with van der Waals surface area (Å²) in [6.45, 7) is 0. The van der Waals surface area contributed by atoms with Crippen LogP contribution in [0.3, 0.4) is 0 Å². The van der Waals surface area contributed by atoms with Gasteiger partial charge in [0, 0.05) is 40.2 Å². The Morgan fingerprint density at radius 1 is 0.884 bits per heavy atom. The third-order valence-electron chi connectivity index (χ3n) is 7.16. The maximum absolute atomic E-state index is 13.4. The molecule has 1 aliphatic rings. The first-order chi connectivity index (χ1) is 20.9. The number of fused-ring (bicyclic) bond motifs is 1. The number of carbonyl (C=O) groups excluding carboxylic acids is 2. The molecule has 0 aliphatic carbocycles. The highest BCUT2D eigenvalue weighted by Crippen LogP contribution is 2.30. The number of nitro groups is 1. The molecule has 0 saturated heterocycles. The first kappa shape index (κ1) is 27.7. The van der Waals surface area contributed by atoms with Crippen molar-refractivity contribution in [3.8, 4) is 11.1 Å². The molecule has 1 aromatic heterocycles. The molecular formula is C34H26N4O4S. The molecule has 8 nitrogen and oxygen atoms in total. The van der Waals surface area contributed by atoms with Gasteiger partial charge in [0.15, 0.2) is 0 Å². The largest absolute Gasteiger partial charge is 0.326 e. The van der Waals surface area contributed by atoms with Gasteiger partial charge in [-0.15, -0.1) is 11.3 Å². The average Bonchev–Trinajstić information content (AvgIpc) is 3.49. The summed E-state index contributed by atoms with van der Waals surface area (Å²) in [5.74, 6) is -0.464. The second-order valence-electron chi connectivity index (χ2n) is 10.1. The topological polar surface area (TPSA) is 114 Å². The third kappa shape index (κ3) is 6.42. The van der Waals surface area contributed by atoms with Gasteiger partial charge >= 0.3 is 0 Å². The Morgan fingerprint density at radius 3 is 2.30 bits per heavy atom. The molecule has 2 amide bonds. The second-order valence-corrected chi connectivity index (χ2v) is 11.2. The highest BCUT2D eigenvalue weighted by Gasteiger charge is 2.27. The molecule has 0 bridgehead atoms. The molecule has 0 radical (unpaired) electrons. The SMILES string of the molecule is O=C(Cc1cccs1)Nc1ccc(C2=NC(Cc3ccc(-c4ccccc4)cc3)C(=O)Nc3cc([N+](=O)[O-])ccc32)cc1. The molecule has 6 rings (SSSR count). The number of nitrogens with zero attached hydrogens (tertiary/aromatic N) is 2. The van der Waals surface area contributed by atoms with Crippen molar-refractivity contribution in [3.05, 3.63) is 146 Å². The number of carbonyl (C=O) groups is 2. The molecule has 2 N–H and O–H groups in total. The van der Waals surface area contributed by atoms with Crippen molar-refractivity contribution in [2.75, 3.05) is 10.6 Å².